The lowest BCUT2D eigenvalue weighted by Crippen LogP contribution is -2.63. The molecule has 8 aliphatic carbocycles. The van der Waals surface area contributed by atoms with Crippen molar-refractivity contribution in [1.29, 1.82) is 0 Å². The Labute approximate surface area is 411 Å². The average Bonchev–Trinajstić information content (AvgIpc) is 3.81. The Morgan fingerprint density at radius 3 is 2.48 bits per heavy atom. The number of fused-ring (bicyclic) bond motifs is 9. The van der Waals surface area contributed by atoms with Crippen molar-refractivity contribution in [3.63, 3.8) is 0 Å². The van der Waals surface area contributed by atoms with Crippen LogP contribution >= 0.6 is 0 Å². The number of aliphatic hydroxyl groups is 2. The molecule has 6 fully saturated rings. The predicted octanol–water partition coefficient (Wildman–Crippen LogP) is 9.77. The third-order valence-corrected chi connectivity index (χ3v) is 20.8. The fourth-order valence-corrected chi connectivity index (χ4v) is 17.1. The number of aliphatic carboxylic acids is 1. The summed E-state index contributed by atoms with van der Waals surface area (Å²) < 4.78 is 18.7. The minimum Gasteiger partial charge on any atom is -0.481 e. The van der Waals surface area contributed by atoms with E-state index in [2.05, 4.69) is 75.7 Å². The van der Waals surface area contributed by atoms with Gasteiger partial charge in [0, 0.05) is 49.4 Å². The Balaban J connectivity index is 0.873. The number of ether oxygens (including phenoxy) is 3. The van der Waals surface area contributed by atoms with E-state index in [4.69, 9.17) is 19.9 Å². The van der Waals surface area contributed by atoms with Gasteiger partial charge in [0.05, 0.1) is 25.4 Å². The van der Waals surface area contributed by atoms with Gasteiger partial charge in [0.25, 0.3) is 0 Å². The zero-order valence-corrected chi connectivity index (χ0v) is 42.5. The fraction of sp³-hybridized carbons (Fsp3) is 0.741. The standard InChI is InChI=1S/C58H82N2O9/c1-7-23-58(66)25-22-46-43-16-12-37-30-40(61)15-17-42(37)52(43)44(34-56(46,58)4)36-10-13-39(14-11-36)60(6)27-29-67-41-21-24-55(3)38(31-41)32-49(69-54(65)68-28-8-26-59)53-47-19-18-45(35(2)9-20-51(63)64)57(47,5)50(62)33-48(53)55/h10-11,13-14,30,35,38,41,43-50,53,62,66H,8-9,12,15-22,24-29,31-34,59H2,1-6H3,(H,63,64)/t35-,38+,41+,43?,44-,45?,46?,47+,48+,49-,50+,53+,55+,56+,57-,58+/m1/s1. The molecule has 11 nitrogen and oxygen atoms in total. The van der Waals surface area contributed by atoms with Crippen LogP contribution in [0.15, 0.2) is 47.1 Å². The molecule has 0 saturated heterocycles. The number of aliphatic hydroxyl groups excluding tert-OH is 1. The summed E-state index contributed by atoms with van der Waals surface area (Å²) in [6.07, 6.45) is 13.7. The number of nitrogens with two attached hydrogens (primary N) is 1. The van der Waals surface area contributed by atoms with Crippen LogP contribution in [0.1, 0.15) is 155 Å². The second-order valence-electron chi connectivity index (χ2n) is 23.9. The summed E-state index contributed by atoms with van der Waals surface area (Å²) in [5.41, 5.74) is 10.5. The van der Waals surface area contributed by atoms with E-state index in [9.17, 15) is 29.7 Å². The van der Waals surface area contributed by atoms with Crippen LogP contribution in [0, 0.1) is 75.4 Å². The summed E-state index contributed by atoms with van der Waals surface area (Å²) in [4.78, 5) is 39.7. The molecule has 1 aromatic carbocycles. The van der Waals surface area contributed by atoms with Crippen molar-refractivity contribution in [2.75, 3.05) is 38.3 Å². The molecule has 9 rings (SSSR count). The maximum absolute atomic E-state index is 13.3. The van der Waals surface area contributed by atoms with Crippen LogP contribution in [0.2, 0.25) is 0 Å². The number of benzene rings is 1. The van der Waals surface area contributed by atoms with Crippen molar-refractivity contribution in [3.8, 4) is 11.8 Å². The van der Waals surface area contributed by atoms with Gasteiger partial charge in [0.1, 0.15) is 11.7 Å². The Morgan fingerprint density at radius 1 is 0.957 bits per heavy atom. The van der Waals surface area contributed by atoms with Crippen molar-refractivity contribution in [2.24, 2.45) is 69.3 Å². The molecule has 0 aromatic heterocycles. The van der Waals surface area contributed by atoms with E-state index in [0.717, 1.165) is 82.9 Å². The molecule has 1 aromatic rings. The summed E-state index contributed by atoms with van der Waals surface area (Å²) in [5, 5.41) is 33.9. The van der Waals surface area contributed by atoms with Gasteiger partial charge in [-0.25, -0.2) is 4.79 Å². The molecule has 0 bridgehead atoms. The molecular formula is C58H82N2O9. The Morgan fingerprint density at radius 2 is 1.74 bits per heavy atom. The van der Waals surface area contributed by atoms with Gasteiger partial charge in [-0.2, -0.15) is 0 Å². The van der Waals surface area contributed by atoms with Crippen molar-refractivity contribution in [1.82, 2.24) is 0 Å². The number of ketones is 1. The van der Waals surface area contributed by atoms with Gasteiger partial charge >= 0.3 is 12.1 Å². The van der Waals surface area contributed by atoms with E-state index in [1.54, 1.807) is 0 Å². The molecule has 5 N–H and O–H groups in total. The number of carboxylic acids is 1. The van der Waals surface area contributed by atoms with Gasteiger partial charge in [0.15, 0.2) is 5.78 Å². The number of hydrogen-bond donors (Lipinski definition) is 4. The fourth-order valence-electron chi connectivity index (χ4n) is 17.1. The smallest absolute Gasteiger partial charge is 0.481 e. The number of likely N-dealkylation sites (N-methyl/N-ethyl adjacent to an activating group) is 1. The first kappa shape index (κ1) is 50.3. The number of anilines is 1. The van der Waals surface area contributed by atoms with Gasteiger partial charge in [-0.1, -0.05) is 51.3 Å². The highest BCUT2D eigenvalue weighted by atomic mass is 16.7. The average molecular weight is 951 g/mol. The Kier molecular flexibility index (Phi) is 14.4. The van der Waals surface area contributed by atoms with E-state index < -0.39 is 23.8 Å². The van der Waals surface area contributed by atoms with Crippen LogP contribution < -0.4 is 10.6 Å². The number of carbonyl (C=O) groups excluding carboxylic acids is 2. The third-order valence-electron chi connectivity index (χ3n) is 20.8. The van der Waals surface area contributed by atoms with Crippen molar-refractivity contribution in [3.05, 3.63) is 52.6 Å². The molecule has 11 heteroatoms. The largest absolute Gasteiger partial charge is 0.508 e. The van der Waals surface area contributed by atoms with E-state index in [1.807, 2.05) is 13.0 Å². The Hall–Kier alpha value is -3.69. The quantitative estimate of drug-likeness (QED) is 0.0796. The van der Waals surface area contributed by atoms with E-state index in [0.29, 0.717) is 57.1 Å². The third kappa shape index (κ3) is 8.92. The lowest BCUT2D eigenvalue weighted by Gasteiger charge is -2.64. The lowest BCUT2D eigenvalue weighted by atomic mass is 9.43. The van der Waals surface area contributed by atoms with Gasteiger partial charge < -0.3 is 40.2 Å². The topological polar surface area (TPSA) is 169 Å². The summed E-state index contributed by atoms with van der Waals surface area (Å²) in [7, 11) is 2.13. The summed E-state index contributed by atoms with van der Waals surface area (Å²) in [6, 6.07) is 9.05. The van der Waals surface area contributed by atoms with Crippen LogP contribution in [-0.2, 0) is 23.8 Å². The SMILES string of the molecule is CC#C[C@]1(O)CCC2C3CCC4=CC(=O)CCC4=C3[C@@H](c3ccc(N(C)CCO[C@H]4CC[C@@]5(C)[C@@H](C4)C[C@@H](OC(=O)OCCCN)[C@@H]4[C@@H]5C[C@H](O)[C@]5(C)C([C@H](C)CCC(=O)O)CC[C@@H]45)cc3)C[C@@]21C. The molecule has 0 radical (unpaired) electrons. The highest BCUT2D eigenvalue weighted by molar-refractivity contribution is 5.93. The van der Waals surface area contributed by atoms with Crippen molar-refractivity contribution >= 4 is 23.6 Å². The van der Waals surface area contributed by atoms with Gasteiger partial charge in [0.2, 0.25) is 0 Å². The minimum absolute atomic E-state index is 0.0428. The highest BCUT2D eigenvalue weighted by Crippen LogP contribution is 2.70. The van der Waals surface area contributed by atoms with Crippen LogP contribution in [-0.4, -0.2) is 90.5 Å². The molecule has 16 atom stereocenters. The monoisotopic (exact) mass is 951 g/mol. The molecule has 0 amide bonds. The maximum atomic E-state index is 13.3. The number of allylic oxidation sites excluding steroid dienone is 4. The second kappa shape index (κ2) is 19.7. The van der Waals surface area contributed by atoms with Crippen LogP contribution in [0.3, 0.4) is 0 Å². The predicted molar refractivity (Wildman–Crippen MR) is 266 cm³/mol. The van der Waals surface area contributed by atoms with E-state index in [1.165, 1.54) is 22.3 Å². The second-order valence-corrected chi connectivity index (χ2v) is 23.9. The molecular weight excluding hydrogens is 869 g/mol. The number of carboxylic acid groups (broad SMARTS) is 1. The molecule has 0 aliphatic heterocycles. The van der Waals surface area contributed by atoms with E-state index >= 15 is 0 Å². The molecule has 8 aliphatic rings. The van der Waals surface area contributed by atoms with Crippen LogP contribution in [0.25, 0.3) is 0 Å². The summed E-state index contributed by atoms with van der Waals surface area (Å²) in [6.45, 7) is 12.9. The number of nitrogens with zero attached hydrogens (tertiary/aromatic N) is 1. The lowest BCUT2D eigenvalue weighted by molar-refractivity contribution is -0.211. The number of hydrogen-bond acceptors (Lipinski definition) is 10. The van der Waals surface area contributed by atoms with Gasteiger partial charge in [-0.05, 0) is 197 Å². The zero-order chi connectivity index (χ0) is 49.0. The number of carbonyl (C=O) groups is 3. The summed E-state index contributed by atoms with van der Waals surface area (Å²) >= 11 is 0. The minimum atomic E-state index is -1.00. The zero-order valence-electron chi connectivity index (χ0n) is 42.5. The molecule has 0 spiro atoms. The van der Waals surface area contributed by atoms with Gasteiger partial charge in [-0.3, -0.25) is 9.59 Å². The first-order valence-corrected chi connectivity index (χ1v) is 26.9. The first-order valence-electron chi connectivity index (χ1n) is 26.9. The number of rotatable bonds is 14. The Bertz CT molecular complexity index is 2230. The molecule has 6 saturated carbocycles. The normalized spacial score (nSPS) is 40.3. The van der Waals surface area contributed by atoms with Crippen LogP contribution in [0.5, 0.6) is 0 Å². The van der Waals surface area contributed by atoms with Crippen LogP contribution in [0.4, 0.5) is 10.5 Å². The molecule has 3 unspecified atom stereocenters. The first-order chi connectivity index (χ1) is 32.9. The van der Waals surface area contributed by atoms with Crippen molar-refractivity contribution < 1.29 is 43.9 Å². The molecule has 378 valence electrons. The molecule has 69 heavy (non-hydrogen) atoms. The van der Waals surface area contributed by atoms with Crippen molar-refractivity contribution in [2.45, 2.75) is 174 Å². The highest BCUT2D eigenvalue weighted by Gasteiger charge is 2.67. The maximum Gasteiger partial charge on any atom is 0.508 e. The van der Waals surface area contributed by atoms with E-state index in [-0.39, 0.29) is 88.7 Å². The molecule has 0 heterocycles. The summed E-state index contributed by atoms with van der Waals surface area (Å²) in [5.74, 6) is 7.77. The van der Waals surface area contributed by atoms with Gasteiger partial charge in [-0.15, -0.1) is 5.92 Å².